The van der Waals surface area contributed by atoms with E-state index < -0.39 is 0 Å². The van der Waals surface area contributed by atoms with Gasteiger partial charge < -0.3 is 4.74 Å². The van der Waals surface area contributed by atoms with Crippen LogP contribution >= 0.6 is 15.9 Å². The van der Waals surface area contributed by atoms with E-state index in [9.17, 15) is 4.79 Å². The molecule has 0 saturated carbocycles. The van der Waals surface area contributed by atoms with E-state index in [1.54, 1.807) is 13.3 Å². The molecule has 0 unspecified atom stereocenters. The molecular formula is C24H39BrN2O2. The smallest absolute Gasteiger partial charge is 0.240 e. The fourth-order valence-electron chi connectivity index (χ4n) is 3.28. The maximum absolute atomic E-state index is 11.9. The summed E-state index contributed by atoms with van der Waals surface area (Å²) in [7, 11) is 1.63. The largest absolute Gasteiger partial charge is 0.497 e. The molecule has 29 heavy (non-hydrogen) atoms. The lowest BCUT2D eigenvalue weighted by Gasteiger charge is -2.04. The van der Waals surface area contributed by atoms with Gasteiger partial charge >= 0.3 is 0 Å². The Labute approximate surface area is 186 Å². The van der Waals surface area contributed by atoms with Gasteiger partial charge in [0.05, 0.1) is 13.3 Å². The first kappa shape index (κ1) is 25.7. The molecule has 0 aliphatic heterocycles. The molecule has 0 saturated heterocycles. The van der Waals surface area contributed by atoms with Gasteiger partial charge in [-0.2, -0.15) is 5.10 Å². The molecule has 5 heteroatoms. The second kappa shape index (κ2) is 17.5. The Kier molecular flexibility index (Phi) is 15.5. The van der Waals surface area contributed by atoms with Gasteiger partial charge in [0.25, 0.3) is 0 Å². The zero-order valence-electron chi connectivity index (χ0n) is 18.4. The van der Waals surface area contributed by atoms with Crippen molar-refractivity contribution >= 4 is 28.1 Å². The zero-order valence-corrected chi connectivity index (χ0v) is 19.9. The summed E-state index contributed by atoms with van der Waals surface area (Å²) < 4.78 is 6.11. The van der Waals surface area contributed by atoms with Crippen LogP contribution in [0.1, 0.15) is 102 Å². The average Bonchev–Trinajstić information content (AvgIpc) is 2.72. The summed E-state index contributed by atoms with van der Waals surface area (Å²) in [6.45, 7) is 2.27. The Hall–Kier alpha value is -1.36. The van der Waals surface area contributed by atoms with Crippen LogP contribution in [0.15, 0.2) is 27.8 Å². The van der Waals surface area contributed by atoms with Crippen LogP contribution < -0.4 is 10.2 Å². The van der Waals surface area contributed by atoms with Crippen LogP contribution in [0.4, 0.5) is 0 Å². The minimum atomic E-state index is -0.0247. The number of amides is 1. The maximum Gasteiger partial charge on any atom is 0.240 e. The van der Waals surface area contributed by atoms with E-state index >= 15 is 0 Å². The number of ether oxygens (including phenoxy) is 1. The molecule has 1 N–H and O–H groups in total. The number of hydrazone groups is 1. The molecule has 0 spiro atoms. The van der Waals surface area contributed by atoms with Crippen LogP contribution in [0, 0.1) is 0 Å². The molecule has 0 radical (unpaired) electrons. The molecule has 1 aromatic rings. The van der Waals surface area contributed by atoms with Gasteiger partial charge in [-0.25, -0.2) is 5.43 Å². The molecule has 1 amide bonds. The van der Waals surface area contributed by atoms with Gasteiger partial charge in [-0.15, -0.1) is 0 Å². The topological polar surface area (TPSA) is 50.7 Å². The summed E-state index contributed by atoms with van der Waals surface area (Å²) in [5.41, 5.74) is 3.47. The van der Waals surface area contributed by atoms with Crippen LogP contribution in [-0.2, 0) is 4.79 Å². The molecule has 0 bridgehead atoms. The van der Waals surface area contributed by atoms with Gasteiger partial charge in [-0.3, -0.25) is 4.79 Å². The number of rotatable bonds is 17. The van der Waals surface area contributed by atoms with Gasteiger partial charge in [0.15, 0.2) is 0 Å². The van der Waals surface area contributed by atoms with Crippen molar-refractivity contribution in [3.8, 4) is 5.75 Å². The Balaban J connectivity index is 1.98. The zero-order chi connectivity index (χ0) is 21.2. The monoisotopic (exact) mass is 466 g/mol. The molecule has 1 aromatic carbocycles. The van der Waals surface area contributed by atoms with Crippen molar-refractivity contribution in [2.45, 2.75) is 96.8 Å². The second-order valence-electron chi connectivity index (χ2n) is 7.67. The number of methoxy groups -OCH3 is 1. The van der Waals surface area contributed by atoms with Gasteiger partial charge in [-0.1, -0.05) is 99.9 Å². The molecule has 0 aromatic heterocycles. The molecule has 0 aliphatic carbocycles. The number of hydrogen-bond donors (Lipinski definition) is 1. The van der Waals surface area contributed by atoms with Crippen molar-refractivity contribution in [2.24, 2.45) is 5.10 Å². The molecular weight excluding hydrogens is 428 g/mol. The highest BCUT2D eigenvalue weighted by molar-refractivity contribution is 9.10. The molecule has 0 heterocycles. The van der Waals surface area contributed by atoms with Crippen LogP contribution in [0.2, 0.25) is 0 Å². The normalized spacial score (nSPS) is 11.1. The number of carbonyl (C=O) groups excluding carboxylic acids is 1. The third-order valence-corrected chi connectivity index (χ3v) is 5.83. The SMILES string of the molecule is CCCCCCCCCCCCCCCC(=O)N/N=C\c1cc(OC)ccc1Br. The number of unbranched alkanes of at least 4 members (excludes halogenated alkanes) is 12. The number of nitrogens with one attached hydrogen (secondary N) is 1. The van der Waals surface area contributed by atoms with Crippen molar-refractivity contribution in [3.05, 3.63) is 28.2 Å². The maximum atomic E-state index is 11.9. The molecule has 4 nitrogen and oxygen atoms in total. The highest BCUT2D eigenvalue weighted by atomic mass is 79.9. The minimum absolute atomic E-state index is 0.0247. The van der Waals surface area contributed by atoms with Crippen molar-refractivity contribution in [1.82, 2.24) is 5.43 Å². The predicted octanol–water partition coefficient (Wildman–Crippen LogP) is 7.39. The lowest BCUT2D eigenvalue weighted by Crippen LogP contribution is -2.16. The fraction of sp³-hybridized carbons (Fsp3) is 0.667. The van der Waals surface area contributed by atoms with Gasteiger partial charge in [-0.05, 0) is 24.6 Å². The Morgan fingerprint density at radius 3 is 2.07 bits per heavy atom. The van der Waals surface area contributed by atoms with E-state index in [0.29, 0.717) is 6.42 Å². The first-order chi connectivity index (χ1) is 14.2. The Morgan fingerprint density at radius 1 is 0.966 bits per heavy atom. The van der Waals surface area contributed by atoms with Crippen LogP contribution in [-0.4, -0.2) is 19.2 Å². The van der Waals surface area contributed by atoms with Crippen molar-refractivity contribution < 1.29 is 9.53 Å². The Bertz CT molecular complexity index is 590. The first-order valence-corrected chi connectivity index (χ1v) is 12.1. The van der Waals surface area contributed by atoms with E-state index in [2.05, 4.69) is 33.4 Å². The summed E-state index contributed by atoms with van der Waals surface area (Å²) in [6.07, 6.45) is 19.2. The number of hydrogen-bond acceptors (Lipinski definition) is 3. The molecule has 164 valence electrons. The molecule has 1 rings (SSSR count). The number of halogens is 1. The first-order valence-electron chi connectivity index (χ1n) is 11.3. The summed E-state index contributed by atoms with van der Waals surface area (Å²) in [5.74, 6) is 0.733. The molecule has 0 aliphatic rings. The predicted molar refractivity (Wildman–Crippen MR) is 127 cm³/mol. The summed E-state index contributed by atoms with van der Waals surface area (Å²) in [6, 6.07) is 5.64. The van der Waals surface area contributed by atoms with Crippen LogP contribution in [0.25, 0.3) is 0 Å². The summed E-state index contributed by atoms with van der Waals surface area (Å²) in [5, 5.41) is 4.05. The highest BCUT2D eigenvalue weighted by Gasteiger charge is 2.02. The van der Waals surface area contributed by atoms with E-state index in [4.69, 9.17) is 4.74 Å². The number of benzene rings is 1. The van der Waals surface area contributed by atoms with Gasteiger partial charge in [0, 0.05) is 16.5 Å². The second-order valence-corrected chi connectivity index (χ2v) is 8.53. The van der Waals surface area contributed by atoms with Crippen molar-refractivity contribution in [3.63, 3.8) is 0 Å². The van der Waals surface area contributed by atoms with E-state index in [1.165, 1.54) is 70.6 Å². The lowest BCUT2D eigenvalue weighted by atomic mass is 10.0. The van der Waals surface area contributed by atoms with Crippen LogP contribution in [0.5, 0.6) is 5.75 Å². The van der Waals surface area contributed by atoms with E-state index in [-0.39, 0.29) is 5.91 Å². The van der Waals surface area contributed by atoms with Crippen molar-refractivity contribution in [2.75, 3.05) is 7.11 Å². The number of nitrogens with zero attached hydrogens (tertiary/aromatic N) is 1. The van der Waals surface area contributed by atoms with E-state index in [1.807, 2.05) is 18.2 Å². The summed E-state index contributed by atoms with van der Waals surface area (Å²) >= 11 is 3.47. The third-order valence-electron chi connectivity index (χ3n) is 5.10. The van der Waals surface area contributed by atoms with Gasteiger partial charge in [0.1, 0.15) is 5.75 Å². The molecule has 0 atom stereocenters. The van der Waals surface area contributed by atoms with Crippen LogP contribution in [0.3, 0.4) is 0 Å². The third kappa shape index (κ3) is 13.5. The summed E-state index contributed by atoms with van der Waals surface area (Å²) in [4.78, 5) is 11.9. The van der Waals surface area contributed by atoms with E-state index in [0.717, 1.165) is 28.6 Å². The quantitative estimate of drug-likeness (QED) is 0.148. The average molecular weight is 467 g/mol. The lowest BCUT2D eigenvalue weighted by molar-refractivity contribution is -0.121. The van der Waals surface area contributed by atoms with Crippen molar-refractivity contribution in [1.29, 1.82) is 0 Å². The highest BCUT2D eigenvalue weighted by Crippen LogP contribution is 2.20. The Morgan fingerprint density at radius 2 is 1.52 bits per heavy atom. The minimum Gasteiger partial charge on any atom is -0.497 e. The molecule has 0 fully saturated rings. The van der Waals surface area contributed by atoms with Gasteiger partial charge in [0.2, 0.25) is 5.91 Å². The standard InChI is InChI=1S/C24H39BrN2O2/c1-3-4-5-6-7-8-9-10-11-12-13-14-15-16-24(28)27-26-20-21-19-22(29-2)17-18-23(21)25/h17-20H,3-16H2,1-2H3,(H,27,28)/b26-20-. The number of carbonyl (C=O) groups is 1. The fourth-order valence-corrected chi connectivity index (χ4v) is 3.63.